The Labute approximate surface area is 96.4 Å². The van der Waals surface area contributed by atoms with E-state index >= 15 is 0 Å². The Kier molecular flexibility index (Phi) is 2.95. The lowest BCUT2D eigenvalue weighted by molar-refractivity contribution is 0.475. The van der Waals surface area contributed by atoms with Crippen molar-refractivity contribution in [1.82, 2.24) is 0 Å². The second kappa shape index (κ2) is 4.40. The van der Waals surface area contributed by atoms with E-state index in [9.17, 15) is 5.11 Å². The number of phenolic OH excluding ortho intramolecular Hbond substituents is 1. The van der Waals surface area contributed by atoms with Gasteiger partial charge in [-0.15, -0.1) is 0 Å². The van der Waals surface area contributed by atoms with Crippen molar-refractivity contribution in [2.75, 3.05) is 0 Å². The highest BCUT2D eigenvalue weighted by atomic mass is 16.3. The van der Waals surface area contributed by atoms with E-state index in [1.807, 2.05) is 12.1 Å². The highest BCUT2D eigenvalue weighted by molar-refractivity contribution is 5.36. The summed E-state index contributed by atoms with van der Waals surface area (Å²) in [4.78, 5) is 0. The van der Waals surface area contributed by atoms with Crippen LogP contribution >= 0.6 is 0 Å². The van der Waals surface area contributed by atoms with E-state index < -0.39 is 0 Å². The maximum atomic E-state index is 9.22. The first-order valence-electron chi connectivity index (χ1n) is 5.49. The number of benzene rings is 2. The van der Waals surface area contributed by atoms with Crippen LogP contribution in [0.25, 0.3) is 0 Å². The zero-order chi connectivity index (χ0) is 11.5. The van der Waals surface area contributed by atoms with Gasteiger partial charge in [-0.05, 0) is 49.1 Å². The van der Waals surface area contributed by atoms with Gasteiger partial charge in [0.25, 0.3) is 0 Å². The Hall–Kier alpha value is -1.76. The summed E-state index contributed by atoms with van der Waals surface area (Å²) >= 11 is 0. The molecule has 0 aliphatic heterocycles. The first kappa shape index (κ1) is 10.7. The molecule has 0 aliphatic carbocycles. The fourth-order valence-corrected chi connectivity index (χ4v) is 1.82. The predicted molar refractivity (Wildman–Crippen MR) is 66.8 cm³/mol. The summed E-state index contributed by atoms with van der Waals surface area (Å²) in [7, 11) is 0. The van der Waals surface area contributed by atoms with E-state index in [-0.39, 0.29) is 0 Å². The average Bonchev–Trinajstić information content (AvgIpc) is 2.27. The Morgan fingerprint density at radius 3 is 2.31 bits per heavy atom. The standard InChI is InChI=1S/C15H16O/c1-11-3-4-12(2)14(9-11)10-13-5-7-15(16)8-6-13/h3-9,16H,10H2,1-2H3. The van der Waals surface area contributed by atoms with Crippen LogP contribution in [0.4, 0.5) is 0 Å². The van der Waals surface area contributed by atoms with Gasteiger partial charge in [0.15, 0.2) is 0 Å². The van der Waals surface area contributed by atoms with Gasteiger partial charge >= 0.3 is 0 Å². The molecule has 16 heavy (non-hydrogen) atoms. The minimum atomic E-state index is 0.324. The van der Waals surface area contributed by atoms with Crippen LogP contribution in [0.3, 0.4) is 0 Å². The molecule has 0 fully saturated rings. The smallest absolute Gasteiger partial charge is 0.115 e. The number of aryl methyl sites for hydroxylation is 2. The van der Waals surface area contributed by atoms with Crippen LogP contribution in [0.1, 0.15) is 22.3 Å². The Morgan fingerprint density at radius 1 is 0.938 bits per heavy atom. The molecule has 0 spiro atoms. The van der Waals surface area contributed by atoms with Crippen molar-refractivity contribution in [1.29, 1.82) is 0 Å². The third-order valence-corrected chi connectivity index (χ3v) is 2.84. The van der Waals surface area contributed by atoms with Crippen LogP contribution in [0, 0.1) is 13.8 Å². The summed E-state index contributed by atoms with van der Waals surface area (Å²) in [6.07, 6.45) is 0.924. The monoisotopic (exact) mass is 212 g/mol. The Morgan fingerprint density at radius 2 is 1.62 bits per heavy atom. The van der Waals surface area contributed by atoms with Crippen molar-refractivity contribution < 1.29 is 5.11 Å². The molecule has 1 N–H and O–H groups in total. The Bertz CT molecular complexity index is 483. The van der Waals surface area contributed by atoms with E-state index in [4.69, 9.17) is 0 Å². The molecule has 0 atom stereocenters. The fourth-order valence-electron chi connectivity index (χ4n) is 1.82. The van der Waals surface area contributed by atoms with Crippen LogP contribution in [0.2, 0.25) is 0 Å². The predicted octanol–water partition coefficient (Wildman–Crippen LogP) is 3.60. The lowest BCUT2D eigenvalue weighted by Gasteiger charge is -2.07. The van der Waals surface area contributed by atoms with Crippen molar-refractivity contribution in [3.8, 4) is 5.75 Å². The largest absolute Gasteiger partial charge is 0.508 e. The maximum absolute atomic E-state index is 9.22. The van der Waals surface area contributed by atoms with Gasteiger partial charge in [-0.2, -0.15) is 0 Å². The van der Waals surface area contributed by atoms with Gasteiger partial charge in [0, 0.05) is 0 Å². The summed E-state index contributed by atoms with van der Waals surface area (Å²) in [5.41, 5.74) is 5.19. The summed E-state index contributed by atoms with van der Waals surface area (Å²) in [6, 6.07) is 13.9. The van der Waals surface area contributed by atoms with E-state index in [1.54, 1.807) is 12.1 Å². The van der Waals surface area contributed by atoms with Crippen LogP contribution in [-0.4, -0.2) is 5.11 Å². The summed E-state index contributed by atoms with van der Waals surface area (Å²) in [5.74, 6) is 0.324. The molecule has 1 heteroatoms. The molecule has 0 heterocycles. The molecule has 0 amide bonds. The molecule has 1 nitrogen and oxygen atoms in total. The van der Waals surface area contributed by atoms with E-state index in [2.05, 4.69) is 32.0 Å². The molecular weight excluding hydrogens is 196 g/mol. The number of hydrogen-bond donors (Lipinski definition) is 1. The molecule has 0 aromatic heterocycles. The van der Waals surface area contributed by atoms with E-state index in [0.717, 1.165) is 6.42 Å². The zero-order valence-corrected chi connectivity index (χ0v) is 9.70. The number of aromatic hydroxyl groups is 1. The zero-order valence-electron chi connectivity index (χ0n) is 9.70. The third-order valence-electron chi connectivity index (χ3n) is 2.84. The molecule has 0 saturated heterocycles. The summed E-state index contributed by atoms with van der Waals surface area (Å²) in [5, 5.41) is 9.22. The maximum Gasteiger partial charge on any atom is 0.115 e. The number of hydrogen-bond acceptors (Lipinski definition) is 1. The second-order valence-corrected chi connectivity index (χ2v) is 4.27. The fraction of sp³-hybridized carbons (Fsp3) is 0.200. The molecule has 0 saturated carbocycles. The van der Waals surface area contributed by atoms with Gasteiger partial charge < -0.3 is 5.11 Å². The van der Waals surface area contributed by atoms with Crippen LogP contribution in [0.5, 0.6) is 5.75 Å². The van der Waals surface area contributed by atoms with Crippen molar-refractivity contribution in [2.45, 2.75) is 20.3 Å². The molecule has 0 aliphatic rings. The van der Waals surface area contributed by atoms with Crippen LogP contribution in [0.15, 0.2) is 42.5 Å². The van der Waals surface area contributed by atoms with Gasteiger partial charge in [0.1, 0.15) is 5.75 Å². The van der Waals surface area contributed by atoms with Gasteiger partial charge in [0.2, 0.25) is 0 Å². The molecule has 0 radical (unpaired) electrons. The number of rotatable bonds is 2. The van der Waals surface area contributed by atoms with Crippen LogP contribution < -0.4 is 0 Å². The Balaban J connectivity index is 2.26. The molecule has 2 rings (SSSR count). The van der Waals surface area contributed by atoms with Gasteiger partial charge in [-0.3, -0.25) is 0 Å². The second-order valence-electron chi connectivity index (χ2n) is 4.27. The highest BCUT2D eigenvalue weighted by Crippen LogP contribution is 2.17. The third kappa shape index (κ3) is 2.43. The summed E-state index contributed by atoms with van der Waals surface area (Å²) < 4.78 is 0. The molecule has 2 aromatic rings. The van der Waals surface area contributed by atoms with Crippen molar-refractivity contribution in [3.05, 3.63) is 64.7 Å². The highest BCUT2D eigenvalue weighted by Gasteiger charge is 2.00. The SMILES string of the molecule is Cc1ccc(C)c(Cc2ccc(O)cc2)c1. The first-order chi connectivity index (χ1) is 7.65. The van der Waals surface area contributed by atoms with Crippen molar-refractivity contribution >= 4 is 0 Å². The van der Waals surface area contributed by atoms with E-state index in [0.29, 0.717) is 5.75 Å². The molecule has 82 valence electrons. The van der Waals surface area contributed by atoms with Gasteiger partial charge in [-0.1, -0.05) is 35.9 Å². The summed E-state index contributed by atoms with van der Waals surface area (Å²) in [6.45, 7) is 4.24. The lowest BCUT2D eigenvalue weighted by Crippen LogP contribution is -1.92. The molecule has 0 bridgehead atoms. The van der Waals surface area contributed by atoms with Crippen molar-refractivity contribution in [3.63, 3.8) is 0 Å². The normalized spacial score (nSPS) is 10.4. The van der Waals surface area contributed by atoms with Gasteiger partial charge in [0.05, 0.1) is 0 Å². The molecule has 2 aromatic carbocycles. The lowest BCUT2D eigenvalue weighted by atomic mass is 9.99. The van der Waals surface area contributed by atoms with Crippen molar-refractivity contribution in [2.24, 2.45) is 0 Å². The quantitative estimate of drug-likeness (QED) is 0.806. The average molecular weight is 212 g/mol. The first-order valence-corrected chi connectivity index (χ1v) is 5.49. The number of phenols is 1. The molecular formula is C15H16O. The van der Waals surface area contributed by atoms with Gasteiger partial charge in [-0.25, -0.2) is 0 Å². The molecule has 0 unspecified atom stereocenters. The van der Waals surface area contributed by atoms with E-state index in [1.165, 1.54) is 22.3 Å². The topological polar surface area (TPSA) is 20.2 Å². The minimum absolute atomic E-state index is 0.324. The van der Waals surface area contributed by atoms with Crippen LogP contribution in [-0.2, 0) is 6.42 Å². The minimum Gasteiger partial charge on any atom is -0.508 e.